The van der Waals surface area contributed by atoms with Crippen molar-refractivity contribution in [3.8, 4) is 11.4 Å². The number of hydrogen-bond acceptors (Lipinski definition) is 3. The summed E-state index contributed by atoms with van der Waals surface area (Å²) in [6.07, 6.45) is 7.09. The molecular weight excluding hydrogens is 276 g/mol. The quantitative estimate of drug-likeness (QED) is 0.804. The minimum absolute atomic E-state index is 0.0853. The van der Waals surface area contributed by atoms with Crippen LogP contribution in [0, 0.1) is 5.92 Å². The number of carbonyl (C=O) groups is 1. The number of rotatable bonds is 4. The molecule has 22 heavy (non-hydrogen) atoms. The zero-order valence-electron chi connectivity index (χ0n) is 12.6. The van der Waals surface area contributed by atoms with E-state index in [1.807, 2.05) is 55.1 Å². The Hall–Kier alpha value is -2.69. The molecule has 2 heterocycles. The molecule has 2 aromatic heterocycles. The van der Waals surface area contributed by atoms with Gasteiger partial charge in [-0.1, -0.05) is 32.0 Å². The lowest BCUT2D eigenvalue weighted by atomic mass is 10.0. The van der Waals surface area contributed by atoms with E-state index in [1.165, 1.54) is 0 Å². The summed E-state index contributed by atoms with van der Waals surface area (Å²) in [5.74, 6) is 0.479. The van der Waals surface area contributed by atoms with Crippen LogP contribution in [0.25, 0.3) is 22.2 Å². The monoisotopic (exact) mass is 294 g/mol. The molecule has 0 spiro atoms. The van der Waals surface area contributed by atoms with Gasteiger partial charge in [0.05, 0.1) is 0 Å². The summed E-state index contributed by atoms with van der Waals surface area (Å²) in [5, 5.41) is 2.09. The van der Waals surface area contributed by atoms with Crippen molar-refractivity contribution in [1.82, 2.24) is 14.5 Å². The first-order valence-electron chi connectivity index (χ1n) is 7.25. The molecule has 0 unspecified atom stereocenters. The van der Waals surface area contributed by atoms with E-state index in [-0.39, 0.29) is 11.8 Å². The van der Waals surface area contributed by atoms with Crippen LogP contribution in [0.15, 0.2) is 49.1 Å². The van der Waals surface area contributed by atoms with Crippen molar-refractivity contribution in [2.24, 2.45) is 11.7 Å². The van der Waals surface area contributed by atoms with E-state index in [9.17, 15) is 4.79 Å². The Morgan fingerprint density at radius 2 is 2.05 bits per heavy atom. The SMILES string of the molecule is CC(C)[C@@H](C(N)=O)n1ccnc1-c1cccc2cnccc12. The van der Waals surface area contributed by atoms with Gasteiger partial charge in [-0.15, -0.1) is 0 Å². The Bertz CT molecular complexity index is 817. The van der Waals surface area contributed by atoms with Gasteiger partial charge in [-0.25, -0.2) is 4.98 Å². The molecule has 2 N–H and O–H groups in total. The Balaban J connectivity index is 2.21. The van der Waals surface area contributed by atoms with Crippen LogP contribution in [-0.4, -0.2) is 20.4 Å². The summed E-state index contributed by atoms with van der Waals surface area (Å²) in [7, 11) is 0. The predicted octanol–water partition coefficient (Wildman–Crippen LogP) is 2.78. The summed E-state index contributed by atoms with van der Waals surface area (Å²) >= 11 is 0. The van der Waals surface area contributed by atoms with Gasteiger partial charge in [0.1, 0.15) is 11.9 Å². The van der Waals surface area contributed by atoms with Crippen molar-refractivity contribution < 1.29 is 4.79 Å². The zero-order valence-corrected chi connectivity index (χ0v) is 12.6. The van der Waals surface area contributed by atoms with Crippen LogP contribution in [0.3, 0.4) is 0 Å². The molecule has 0 radical (unpaired) electrons. The number of hydrogen-bond donors (Lipinski definition) is 1. The fourth-order valence-corrected chi connectivity index (χ4v) is 2.85. The zero-order chi connectivity index (χ0) is 15.7. The Morgan fingerprint density at radius 1 is 1.23 bits per heavy atom. The molecule has 0 saturated heterocycles. The van der Waals surface area contributed by atoms with Crippen LogP contribution < -0.4 is 5.73 Å². The van der Waals surface area contributed by atoms with Crippen molar-refractivity contribution in [2.45, 2.75) is 19.9 Å². The molecular formula is C17H18N4O. The number of amides is 1. The molecule has 1 atom stereocenters. The van der Waals surface area contributed by atoms with Gasteiger partial charge in [-0.2, -0.15) is 0 Å². The standard InChI is InChI=1S/C17H18N4O/c1-11(2)15(16(18)22)21-9-8-20-17(21)14-5-3-4-12-10-19-7-6-13(12)14/h3-11,15H,1-2H3,(H2,18,22)/t15-/m0/s1. The molecule has 0 aliphatic heterocycles. The van der Waals surface area contributed by atoms with Gasteiger partial charge in [0.2, 0.25) is 5.91 Å². The smallest absolute Gasteiger partial charge is 0.240 e. The third-order valence-corrected chi connectivity index (χ3v) is 3.81. The van der Waals surface area contributed by atoms with Crippen LogP contribution in [0.5, 0.6) is 0 Å². The van der Waals surface area contributed by atoms with Gasteiger partial charge in [0.25, 0.3) is 0 Å². The van der Waals surface area contributed by atoms with E-state index < -0.39 is 6.04 Å². The number of aromatic nitrogens is 3. The predicted molar refractivity (Wildman–Crippen MR) is 86.0 cm³/mol. The highest BCUT2D eigenvalue weighted by Gasteiger charge is 2.24. The number of benzene rings is 1. The number of imidazole rings is 1. The molecule has 0 saturated carbocycles. The summed E-state index contributed by atoms with van der Waals surface area (Å²) in [6, 6.07) is 7.51. The third-order valence-electron chi connectivity index (χ3n) is 3.81. The molecule has 3 rings (SSSR count). The molecule has 5 heteroatoms. The summed E-state index contributed by atoms with van der Waals surface area (Å²) in [4.78, 5) is 20.5. The second-order valence-corrected chi connectivity index (χ2v) is 5.65. The lowest BCUT2D eigenvalue weighted by molar-refractivity contribution is -0.122. The topological polar surface area (TPSA) is 73.8 Å². The van der Waals surface area contributed by atoms with E-state index in [2.05, 4.69) is 9.97 Å². The average Bonchev–Trinajstić information content (AvgIpc) is 2.94. The normalized spacial score (nSPS) is 12.7. The number of nitrogens with two attached hydrogens (primary N) is 1. The minimum atomic E-state index is -0.422. The molecule has 112 valence electrons. The van der Waals surface area contributed by atoms with Gasteiger partial charge in [-0.05, 0) is 17.4 Å². The van der Waals surface area contributed by atoms with E-state index in [0.29, 0.717) is 0 Å². The minimum Gasteiger partial charge on any atom is -0.368 e. The molecule has 1 aromatic carbocycles. The van der Waals surface area contributed by atoms with Gasteiger partial charge in [0.15, 0.2) is 0 Å². The van der Waals surface area contributed by atoms with Crippen molar-refractivity contribution in [2.75, 3.05) is 0 Å². The van der Waals surface area contributed by atoms with Crippen molar-refractivity contribution in [3.63, 3.8) is 0 Å². The lowest BCUT2D eigenvalue weighted by Gasteiger charge is -2.21. The first-order chi connectivity index (χ1) is 10.6. The van der Waals surface area contributed by atoms with Crippen molar-refractivity contribution in [3.05, 3.63) is 49.1 Å². The van der Waals surface area contributed by atoms with Crippen molar-refractivity contribution in [1.29, 1.82) is 0 Å². The van der Waals surface area contributed by atoms with Crippen molar-refractivity contribution >= 4 is 16.7 Å². The van der Waals surface area contributed by atoms with E-state index in [1.54, 1.807) is 12.4 Å². The number of nitrogens with zero attached hydrogens (tertiary/aromatic N) is 3. The van der Waals surface area contributed by atoms with Crippen LogP contribution in [0.4, 0.5) is 0 Å². The third kappa shape index (κ3) is 2.35. The first-order valence-corrected chi connectivity index (χ1v) is 7.25. The van der Waals surface area contributed by atoms with Gasteiger partial charge < -0.3 is 10.3 Å². The summed E-state index contributed by atoms with van der Waals surface area (Å²) in [5.41, 5.74) is 6.56. The summed E-state index contributed by atoms with van der Waals surface area (Å²) < 4.78 is 1.86. The van der Waals surface area contributed by atoms with Gasteiger partial charge in [0, 0.05) is 35.7 Å². The maximum absolute atomic E-state index is 11.9. The van der Waals surface area contributed by atoms with E-state index >= 15 is 0 Å². The molecule has 1 amide bonds. The van der Waals surface area contributed by atoms with Crippen LogP contribution >= 0.6 is 0 Å². The second-order valence-electron chi connectivity index (χ2n) is 5.65. The molecule has 0 aliphatic rings. The highest BCUT2D eigenvalue weighted by atomic mass is 16.1. The van der Waals surface area contributed by atoms with E-state index in [0.717, 1.165) is 22.2 Å². The number of primary amides is 1. The lowest BCUT2D eigenvalue weighted by Crippen LogP contribution is -2.30. The maximum Gasteiger partial charge on any atom is 0.240 e. The largest absolute Gasteiger partial charge is 0.368 e. The first kappa shape index (κ1) is 14.3. The number of carbonyl (C=O) groups excluding carboxylic acids is 1. The Kier molecular flexibility index (Phi) is 3.63. The van der Waals surface area contributed by atoms with Gasteiger partial charge in [-0.3, -0.25) is 9.78 Å². The van der Waals surface area contributed by atoms with Crippen LogP contribution in [0.1, 0.15) is 19.9 Å². The molecule has 3 aromatic rings. The number of fused-ring (bicyclic) bond motifs is 1. The highest BCUT2D eigenvalue weighted by molar-refractivity contribution is 5.94. The fraction of sp³-hybridized carbons (Fsp3) is 0.235. The maximum atomic E-state index is 11.9. The second kappa shape index (κ2) is 5.60. The van der Waals surface area contributed by atoms with Crippen LogP contribution in [-0.2, 0) is 4.79 Å². The Labute approximate surface area is 128 Å². The molecule has 0 fully saturated rings. The van der Waals surface area contributed by atoms with E-state index in [4.69, 9.17) is 5.73 Å². The highest BCUT2D eigenvalue weighted by Crippen LogP contribution is 2.30. The summed E-state index contributed by atoms with van der Waals surface area (Å²) in [6.45, 7) is 3.96. The fourth-order valence-electron chi connectivity index (χ4n) is 2.85. The molecule has 0 bridgehead atoms. The van der Waals surface area contributed by atoms with Crippen LogP contribution in [0.2, 0.25) is 0 Å². The number of pyridine rings is 1. The molecule has 0 aliphatic carbocycles. The molecule has 5 nitrogen and oxygen atoms in total. The Morgan fingerprint density at radius 3 is 2.77 bits per heavy atom. The van der Waals surface area contributed by atoms with Gasteiger partial charge >= 0.3 is 0 Å². The average molecular weight is 294 g/mol.